The van der Waals surface area contributed by atoms with Crippen molar-refractivity contribution in [2.45, 2.75) is 20.3 Å². The molecule has 2 rings (SSSR count). The van der Waals surface area contributed by atoms with E-state index in [1.807, 2.05) is 38.1 Å². The lowest BCUT2D eigenvalue weighted by Crippen LogP contribution is -2.44. The Kier molecular flexibility index (Phi) is 7.21. The van der Waals surface area contributed by atoms with E-state index in [4.69, 9.17) is 4.74 Å². The predicted molar refractivity (Wildman–Crippen MR) is 94.1 cm³/mol. The lowest BCUT2D eigenvalue weighted by atomic mass is 10.2. The summed E-state index contributed by atoms with van der Waals surface area (Å²) in [5, 5.41) is 2.73. The van der Waals surface area contributed by atoms with Gasteiger partial charge < -0.3 is 15.0 Å². The Morgan fingerprint density at radius 3 is 2.71 bits per heavy atom. The summed E-state index contributed by atoms with van der Waals surface area (Å²) in [6.45, 7) is 9.12. The molecule has 1 fully saturated rings. The molecule has 6 nitrogen and oxygen atoms in total. The zero-order valence-corrected chi connectivity index (χ0v) is 14.6. The van der Waals surface area contributed by atoms with Crippen molar-refractivity contribution in [3.05, 3.63) is 29.8 Å². The molecule has 1 saturated heterocycles. The predicted octanol–water partition coefficient (Wildman–Crippen LogP) is 1.19. The SMILES string of the molecule is CCN(C(=O)C(=O)NCCCN1CCOCC1)c1cccc(C)c1. The molecule has 1 aromatic carbocycles. The molecule has 0 unspecified atom stereocenters. The number of rotatable bonds is 6. The van der Waals surface area contributed by atoms with E-state index in [-0.39, 0.29) is 0 Å². The van der Waals surface area contributed by atoms with Gasteiger partial charge in [0.1, 0.15) is 0 Å². The zero-order chi connectivity index (χ0) is 17.4. The zero-order valence-electron chi connectivity index (χ0n) is 14.6. The fourth-order valence-corrected chi connectivity index (χ4v) is 2.77. The van der Waals surface area contributed by atoms with Gasteiger partial charge in [-0.1, -0.05) is 12.1 Å². The van der Waals surface area contributed by atoms with E-state index < -0.39 is 11.8 Å². The van der Waals surface area contributed by atoms with Crippen LogP contribution in [-0.4, -0.2) is 62.7 Å². The number of hydrogen-bond donors (Lipinski definition) is 1. The molecule has 2 amide bonds. The number of nitrogens with one attached hydrogen (secondary N) is 1. The van der Waals surface area contributed by atoms with E-state index in [0.29, 0.717) is 13.1 Å². The van der Waals surface area contributed by atoms with Crippen LogP contribution in [0.2, 0.25) is 0 Å². The van der Waals surface area contributed by atoms with E-state index in [1.54, 1.807) is 0 Å². The normalized spacial score (nSPS) is 15.1. The highest BCUT2D eigenvalue weighted by atomic mass is 16.5. The van der Waals surface area contributed by atoms with Gasteiger partial charge in [0.2, 0.25) is 0 Å². The Morgan fingerprint density at radius 1 is 1.29 bits per heavy atom. The fraction of sp³-hybridized carbons (Fsp3) is 0.556. The monoisotopic (exact) mass is 333 g/mol. The summed E-state index contributed by atoms with van der Waals surface area (Å²) in [6.07, 6.45) is 0.829. The van der Waals surface area contributed by atoms with Crippen molar-refractivity contribution in [1.29, 1.82) is 0 Å². The maximum absolute atomic E-state index is 12.4. The molecule has 0 aliphatic carbocycles. The lowest BCUT2D eigenvalue weighted by molar-refractivity contribution is -0.137. The van der Waals surface area contributed by atoms with Gasteiger partial charge in [0.15, 0.2) is 0 Å². The molecule has 24 heavy (non-hydrogen) atoms. The third-order valence-electron chi connectivity index (χ3n) is 4.11. The van der Waals surface area contributed by atoms with Crippen molar-refractivity contribution in [3.63, 3.8) is 0 Å². The second kappa shape index (κ2) is 9.39. The molecule has 1 N–H and O–H groups in total. The molecular formula is C18H27N3O3. The number of ether oxygens (including phenoxy) is 1. The fourth-order valence-electron chi connectivity index (χ4n) is 2.77. The number of nitrogens with zero attached hydrogens (tertiary/aromatic N) is 2. The van der Waals surface area contributed by atoms with Crippen molar-refractivity contribution in [3.8, 4) is 0 Å². The van der Waals surface area contributed by atoms with Crippen LogP contribution in [0.15, 0.2) is 24.3 Å². The van der Waals surface area contributed by atoms with Gasteiger partial charge >= 0.3 is 11.8 Å². The first kappa shape index (κ1) is 18.4. The Balaban J connectivity index is 1.78. The number of carbonyl (C=O) groups excluding carboxylic acids is 2. The van der Waals surface area contributed by atoms with Crippen LogP contribution in [0, 0.1) is 6.92 Å². The van der Waals surface area contributed by atoms with Crippen LogP contribution >= 0.6 is 0 Å². The van der Waals surface area contributed by atoms with Crippen molar-refractivity contribution < 1.29 is 14.3 Å². The summed E-state index contributed by atoms with van der Waals surface area (Å²) in [6, 6.07) is 7.61. The maximum atomic E-state index is 12.4. The molecule has 0 atom stereocenters. The smallest absolute Gasteiger partial charge is 0.316 e. The third kappa shape index (κ3) is 5.32. The Bertz CT molecular complexity index is 556. The first-order valence-electron chi connectivity index (χ1n) is 8.58. The van der Waals surface area contributed by atoms with Gasteiger partial charge in [-0.05, 0) is 44.5 Å². The summed E-state index contributed by atoms with van der Waals surface area (Å²) in [7, 11) is 0. The lowest BCUT2D eigenvalue weighted by Gasteiger charge is -2.26. The van der Waals surface area contributed by atoms with Gasteiger partial charge in [-0.15, -0.1) is 0 Å². The Hall–Kier alpha value is -1.92. The molecule has 0 spiro atoms. The average Bonchev–Trinajstić information content (AvgIpc) is 2.60. The van der Waals surface area contributed by atoms with Gasteiger partial charge in [-0.3, -0.25) is 14.5 Å². The van der Waals surface area contributed by atoms with E-state index in [1.165, 1.54) is 4.90 Å². The molecule has 6 heteroatoms. The molecule has 1 heterocycles. The summed E-state index contributed by atoms with van der Waals surface area (Å²) in [5.74, 6) is -1.05. The Morgan fingerprint density at radius 2 is 2.04 bits per heavy atom. The largest absolute Gasteiger partial charge is 0.379 e. The second-order valence-corrected chi connectivity index (χ2v) is 5.95. The third-order valence-corrected chi connectivity index (χ3v) is 4.11. The van der Waals surface area contributed by atoms with E-state index in [9.17, 15) is 9.59 Å². The number of benzene rings is 1. The van der Waals surface area contributed by atoms with Crippen LogP contribution in [0.25, 0.3) is 0 Å². The number of carbonyl (C=O) groups is 2. The molecule has 1 aliphatic rings. The number of anilines is 1. The minimum absolute atomic E-state index is 0.462. The molecule has 0 radical (unpaired) electrons. The molecule has 0 aromatic heterocycles. The van der Waals surface area contributed by atoms with Crippen LogP contribution in [-0.2, 0) is 14.3 Å². The number of amides is 2. The maximum Gasteiger partial charge on any atom is 0.316 e. The quantitative estimate of drug-likeness (QED) is 0.627. The van der Waals surface area contributed by atoms with Crippen molar-refractivity contribution in [2.24, 2.45) is 0 Å². The van der Waals surface area contributed by atoms with Crippen LogP contribution in [0.1, 0.15) is 18.9 Å². The van der Waals surface area contributed by atoms with Crippen molar-refractivity contribution >= 4 is 17.5 Å². The van der Waals surface area contributed by atoms with Gasteiger partial charge in [-0.25, -0.2) is 0 Å². The summed E-state index contributed by atoms with van der Waals surface area (Å²) >= 11 is 0. The second-order valence-electron chi connectivity index (χ2n) is 5.95. The first-order valence-corrected chi connectivity index (χ1v) is 8.58. The number of hydrogen-bond acceptors (Lipinski definition) is 4. The van der Waals surface area contributed by atoms with Crippen molar-refractivity contribution in [2.75, 3.05) is 50.8 Å². The summed E-state index contributed by atoms with van der Waals surface area (Å²) < 4.78 is 5.30. The van der Waals surface area contributed by atoms with Gasteiger partial charge in [0, 0.05) is 31.9 Å². The highest BCUT2D eigenvalue weighted by molar-refractivity contribution is 6.40. The Labute approximate surface area is 143 Å². The van der Waals surface area contributed by atoms with Crippen LogP contribution in [0.4, 0.5) is 5.69 Å². The minimum atomic E-state index is -0.541. The van der Waals surface area contributed by atoms with E-state index >= 15 is 0 Å². The molecule has 0 bridgehead atoms. The first-order chi connectivity index (χ1) is 11.6. The molecule has 1 aromatic rings. The standard InChI is InChI=1S/C18H27N3O3/c1-3-21(16-7-4-6-15(2)14-16)18(23)17(22)19-8-5-9-20-10-12-24-13-11-20/h4,6-7,14H,3,5,8-13H2,1-2H3,(H,19,22). The van der Waals surface area contributed by atoms with Gasteiger partial charge in [0.05, 0.1) is 13.2 Å². The number of aryl methyl sites for hydroxylation is 1. The molecule has 1 aliphatic heterocycles. The number of likely N-dealkylation sites (N-methyl/N-ethyl adjacent to an activating group) is 1. The molecular weight excluding hydrogens is 306 g/mol. The van der Waals surface area contributed by atoms with Crippen LogP contribution in [0.5, 0.6) is 0 Å². The average molecular weight is 333 g/mol. The van der Waals surface area contributed by atoms with Crippen molar-refractivity contribution in [1.82, 2.24) is 10.2 Å². The van der Waals surface area contributed by atoms with Gasteiger partial charge in [0.25, 0.3) is 0 Å². The number of morpholine rings is 1. The highest BCUT2D eigenvalue weighted by Crippen LogP contribution is 2.15. The molecule has 132 valence electrons. The molecule has 0 saturated carbocycles. The minimum Gasteiger partial charge on any atom is -0.379 e. The van der Waals surface area contributed by atoms with Crippen LogP contribution < -0.4 is 10.2 Å². The van der Waals surface area contributed by atoms with Crippen LogP contribution in [0.3, 0.4) is 0 Å². The topological polar surface area (TPSA) is 61.9 Å². The highest BCUT2D eigenvalue weighted by Gasteiger charge is 2.21. The summed E-state index contributed by atoms with van der Waals surface area (Å²) in [5.41, 5.74) is 1.82. The van der Waals surface area contributed by atoms with E-state index in [0.717, 1.165) is 50.5 Å². The van der Waals surface area contributed by atoms with Gasteiger partial charge in [-0.2, -0.15) is 0 Å². The summed E-state index contributed by atoms with van der Waals surface area (Å²) in [4.78, 5) is 28.3. The van der Waals surface area contributed by atoms with E-state index in [2.05, 4.69) is 10.2 Å².